The Morgan fingerprint density at radius 2 is 1.76 bits per heavy atom. The van der Waals surface area contributed by atoms with Gasteiger partial charge in [-0.25, -0.2) is 14.2 Å². The van der Waals surface area contributed by atoms with E-state index in [4.69, 9.17) is 9.47 Å². The molecule has 41 heavy (non-hydrogen) atoms. The molecule has 0 bridgehead atoms. The van der Waals surface area contributed by atoms with Crippen molar-refractivity contribution in [3.8, 4) is 22.8 Å². The van der Waals surface area contributed by atoms with Crippen LogP contribution in [0, 0.1) is 17.7 Å². The zero-order valence-corrected chi connectivity index (χ0v) is 24.6. The molecule has 2 atom stereocenters. The minimum atomic E-state index is -0.859. The number of benzene rings is 2. The van der Waals surface area contributed by atoms with Crippen molar-refractivity contribution >= 4 is 11.9 Å². The Hall–Kier alpha value is -3.78. The lowest BCUT2D eigenvalue weighted by atomic mass is 9.83. The zero-order chi connectivity index (χ0) is 29.8. The van der Waals surface area contributed by atoms with Crippen molar-refractivity contribution in [2.75, 3.05) is 7.11 Å². The van der Waals surface area contributed by atoms with Gasteiger partial charge in [0, 0.05) is 30.9 Å². The number of esters is 1. The summed E-state index contributed by atoms with van der Waals surface area (Å²) in [4.78, 5) is 31.5. The Kier molecular flexibility index (Phi) is 9.43. The van der Waals surface area contributed by atoms with E-state index in [1.807, 2.05) is 6.07 Å². The monoisotopic (exact) mass is 562 g/mol. The number of carbonyl (C=O) groups excluding carboxylic acids is 1. The second-order valence-corrected chi connectivity index (χ2v) is 11.4. The standard InChI is InChI=1S/C33H39FN2O5/c1-19(2)36(20(3)4)18-25-15-28(29(34)17-27(25)23-12-13-35-30(16-23)40-6)33(39)41-26-9-7-8-24(14-26)31(22-10-11-22)21(5)32(37)38/h7-9,12-17,19-22,31H,10-11,18H2,1-6H3,(H,37,38)/t21-,31-/m0/s1. The average Bonchev–Trinajstić information content (AvgIpc) is 3.77. The van der Waals surface area contributed by atoms with Gasteiger partial charge < -0.3 is 14.6 Å². The number of halogens is 1. The van der Waals surface area contributed by atoms with Crippen molar-refractivity contribution in [3.05, 3.63) is 77.2 Å². The van der Waals surface area contributed by atoms with E-state index >= 15 is 4.39 Å². The summed E-state index contributed by atoms with van der Waals surface area (Å²) in [7, 11) is 1.52. The molecule has 2 aromatic carbocycles. The highest BCUT2D eigenvalue weighted by atomic mass is 19.1. The minimum Gasteiger partial charge on any atom is -0.481 e. The second-order valence-electron chi connectivity index (χ2n) is 11.4. The number of pyridine rings is 1. The van der Waals surface area contributed by atoms with Gasteiger partial charge >= 0.3 is 11.9 Å². The molecular weight excluding hydrogens is 523 g/mol. The van der Waals surface area contributed by atoms with Crippen LogP contribution in [0.2, 0.25) is 0 Å². The molecule has 1 aliphatic carbocycles. The number of aliphatic carboxylic acids is 1. The van der Waals surface area contributed by atoms with Crippen LogP contribution in [0.25, 0.3) is 11.1 Å². The first-order valence-electron chi connectivity index (χ1n) is 14.1. The SMILES string of the molecule is COc1cc(-c2cc(F)c(C(=O)Oc3cccc([C@H](C4CC4)[C@H](C)C(=O)O)c3)cc2CN(C(C)C)C(C)C)ccn1. The number of carbonyl (C=O) groups is 2. The molecular formula is C33H39FN2O5. The fourth-order valence-electron chi connectivity index (χ4n) is 5.55. The van der Waals surface area contributed by atoms with Gasteiger partial charge in [0.1, 0.15) is 11.6 Å². The molecule has 0 aliphatic heterocycles. The van der Waals surface area contributed by atoms with Crippen molar-refractivity contribution in [1.82, 2.24) is 9.88 Å². The lowest BCUT2D eigenvalue weighted by Crippen LogP contribution is -2.36. The topological polar surface area (TPSA) is 89.0 Å². The van der Waals surface area contributed by atoms with Crippen LogP contribution in [-0.4, -0.2) is 46.1 Å². The van der Waals surface area contributed by atoms with Crippen molar-refractivity contribution < 1.29 is 28.6 Å². The van der Waals surface area contributed by atoms with Gasteiger partial charge in [-0.05, 0) is 105 Å². The molecule has 3 aromatic rings. The molecule has 218 valence electrons. The summed E-state index contributed by atoms with van der Waals surface area (Å²) >= 11 is 0. The van der Waals surface area contributed by atoms with Crippen LogP contribution in [-0.2, 0) is 11.3 Å². The molecule has 1 aliphatic rings. The van der Waals surface area contributed by atoms with E-state index in [2.05, 4.69) is 37.6 Å². The first-order valence-corrected chi connectivity index (χ1v) is 14.1. The van der Waals surface area contributed by atoms with Crippen molar-refractivity contribution in [1.29, 1.82) is 0 Å². The summed E-state index contributed by atoms with van der Waals surface area (Å²) in [6, 6.07) is 13.8. The molecule has 8 heteroatoms. The normalized spacial score (nSPS) is 14.8. The number of aromatic nitrogens is 1. The first kappa shape index (κ1) is 30.2. The summed E-state index contributed by atoms with van der Waals surface area (Å²) in [5.74, 6) is -2.17. The molecule has 0 spiro atoms. The highest BCUT2D eigenvalue weighted by Crippen LogP contribution is 2.47. The maximum Gasteiger partial charge on any atom is 0.346 e. The molecule has 1 heterocycles. The smallest absolute Gasteiger partial charge is 0.346 e. The van der Waals surface area contributed by atoms with Crippen molar-refractivity contribution in [2.45, 2.75) is 72.0 Å². The van der Waals surface area contributed by atoms with E-state index in [0.717, 1.165) is 29.5 Å². The molecule has 7 nitrogen and oxygen atoms in total. The van der Waals surface area contributed by atoms with Crippen LogP contribution in [0.1, 0.15) is 74.9 Å². The van der Waals surface area contributed by atoms with Gasteiger partial charge in [-0.2, -0.15) is 0 Å². The Morgan fingerprint density at radius 3 is 2.37 bits per heavy atom. The van der Waals surface area contributed by atoms with Gasteiger partial charge in [0.15, 0.2) is 0 Å². The predicted molar refractivity (Wildman–Crippen MR) is 156 cm³/mol. The van der Waals surface area contributed by atoms with Gasteiger partial charge in [-0.15, -0.1) is 0 Å². The number of ether oxygens (including phenoxy) is 2. The van der Waals surface area contributed by atoms with E-state index in [-0.39, 0.29) is 35.2 Å². The lowest BCUT2D eigenvalue weighted by molar-refractivity contribution is -0.142. The second kappa shape index (κ2) is 12.8. The molecule has 0 unspecified atom stereocenters. The predicted octanol–water partition coefficient (Wildman–Crippen LogP) is 6.95. The highest BCUT2D eigenvalue weighted by molar-refractivity contribution is 5.92. The van der Waals surface area contributed by atoms with E-state index in [1.165, 1.54) is 13.2 Å². The van der Waals surface area contributed by atoms with Crippen LogP contribution >= 0.6 is 0 Å². The van der Waals surface area contributed by atoms with Gasteiger partial charge in [0.2, 0.25) is 5.88 Å². The van der Waals surface area contributed by atoms with E-state index < -0.39 is 23.7 Å². The van der Waals surface area contributed by atoms with Crippen LogP contribution in [0.4, 0.5) is 4.39 Å². The maximum atomic E-state index is 15.6. The Morgan fingerprint density at radius 1 is 1.05 bits per heavy atom. The minimum absolute atomic E-state index is 0.166. The van der Waals surface area contributed by atoms with Gasteiger partial charge in [0.25, 0.3) is 0 Å². The molecule has 0 amide bonds. The third kappa shape index (κ3) is 7.11. The van der Waals surface area contributed by atoms with E-state index in [9.17, 15) is 14.7 Å². The molecule has 0 saturated heterocycles. The number of hydrogen-bond acceptors (Lipinski definition) is 6. The molecule has 1 aromatic heterocycles. The van der Waals surface area contributed by atoms with Crippen molar-refractivity contribution in [2.24, 2.45) is 11.8 Å². The zero-order valence-electron chi connectivity index (χ0n) is 24.6. The Bertz CT molecular complexity index is 1390. The molecule has 1 N–H and O–H groups in total. The number of nitrogens with zero attached hydrogens (tertiary/aromatic N) is 2. The van der Waals surface area contributed by atoms with E-state index in [0.29, 0.717) is 18.0 Å². The highest BCUT2D eigenvalue weighted by Gasteiger charge is 2.38. The molecule has 0 radical (unpaired) electrons. The lowest BCUT2D eigenvalue weighted by Gasteiger charge is -2.31. The summed E-state index contributed by atoms with van der Waals surface area (Å²) < 4.78 is 26.6. The molecule has 4 rings (SSSR count). The van der Waals surface area contributed by atoms with Gasteiger partial charge in [-0.1, -0.05) is 19.1 Å². The fourth-order valence-corrected chi connectivity index (χ4v) is 5.55. The van der Waals surface area contributed by atoms with Crippen LogP contribution in [0.5, 0.6) is 11.6 Å². The third-order valence-corrected chi connectivity index (χ3v) is 7.86. The average molecular weight is 563 g/mol. The number of methoxy groups -OCH3 is 1. The van der Waals surface area contributed by atoms with Crippen LogP contribution in [0.15, 0.2) is 54.7 Å². The van der Waals surface area contributed by atoms with Crippen molar-refractivity contribution in [3.63, 3.8) is 0 Å². The summed E-state index contributed by atoms with van der Waals surface area (Å²) in [6.45, 7) is 10.6. The number of carboxylic acid groups (broad SMARTS) is 1. The van der Waals surface area contributed by atoms with Crippen LogP contribution in [0.3, 0.4) is 0 Å². The van der Waals surface area contributed by atoms with Gasteiger partial charge in [0.05, 0.1) is 18.6 Å². The number of hydrogen-bond donors (Lipinski definition) is 1. The fraction of sp³-hybridized carbons (Fsp3) is 0.424. The largest absolute Gasteiger partial charge is 0.481 e. The third-order valence-electron chi connectivity index (χ3n) is 7.86. The van der Waals surface area contributed by atoms with Crippen LogP contribution < -0.4 is 9.47 Å². The number of carboxylic acids is 1. The quantitative estimate of drug-likeness (QED) is 0.189. The Labute approximate surface area is 241 Å². The molecule has 1 fully saturated rings. The van der Waals surface area contributed by atoms with Gasteiger partial charge in [-0.3, -0.25) is 9.69 Å². The maximum absolute atomic E-state index is 15.6. The molecule has 1 saturated carbocycles. The first-order chi connectivity index (χ1) is 19.5. The summed E-state index contributed by atoms with van der Waals surface area (Å²) in [6.07, 6.45) is 3.55. The summed E-state index contributed by atoms with van der Waals surface area (Å²) in [5, 5.41) is 9.63. The number of rotatable bonds is 12. The Balaban J connectivity index is 1.69. The summed E-state index contributed by atoms with van der Waals surface area (Å²) in [5.41, 5.74) is 2.78. The van der Waals surface area contributed by atoms with E-state index in [1.54, 1.807) is 49.5 Å².